The summed E-state index contributed by atoms with van der Waals surface area (Å²) in [5.41, 5.74) is 0. The SMILES string of the molecule is CCCCCCCCCCCCCCCCC[N+](CCO)(CCCCCCCCCCCCCCCC)CCC(=O)O.CCCCCCCCCCCCCCCCC[N+](CCO)(CCCCCCCCCCCCCCCC)CCC(=O)O.O=S(=O)([O-])[O-]. The lowest BCUT2D eigenvalue weighted by atomic mass is 10.0. The second-order valence-electron chi connectivity index (χ2n) is 27.7. The molecule has 0 spiro atoms. The molecule has 0 radical (unpaired) electrons. The second-order valence-corrected chi connectivity index (χ2v) is 28.5. The molecule has 2 unspecified atom stereocenters. The van der Waals surface area contributed by atoms with Crippen molar-refractivity contribution in [3.8, 4) is 0 Å². The Balaban J connectivity index is -0.00000154. The smallest absolute Gasteiger partial charge is 0.309 e. The van der Waals surface area contributed by atoms with Crippen molar-refractivity contribution in [2.75, 3.05) is 65.6 Å². The van der Waals surface area contributed by atoms with Gasteiger partial charge in [0.05, 0.1) is 65.3 Å². The molecule has 89 heavy (non-hydrogen) atoms. The van der Waals surface area contributed by atoms with E-state index in [1.807, 2.05) is 0 Å². The van der Waals surface area contributed by atoms with E-state index in [9.17, 15) is 30.0 Å². The summed E-state index contributed by atoms with van der Waals surface area (Å²) in [7, 11) is -5.17. The van der Waals surface area contributed by atoms with Gasteiger partial charge in [0.25, 0.3) is 0 Å². The lowest BCUT2D eigenvalue weighted by Gasteiger charge is -2.38. The number of rotatable bonds is 72. The number of carboxylic acids is 2. The molecule has 0 aromatic carbocycles. The number of carboxylic acid groups (broad SMARTS) is 2. The molecule has 0 fully saturated rings. The second kappa shape index (κ2) is 74.1. The van der Waals surface area contributed by atoms with Gasteiger partial charge < -0.3 is 38.5 Å². The summed E-state index contributed by atoms with van der Waals surface area (Å²) in [6, 6.07) is 0. The maximum atomic E-state index is 11.4. The van der Waals surface area contributed by atoms with E-state index in [-0.39, 0.29) is 26.1 Å². The summed E-state index contributed by atoms with van der Waals surface area (Å²) < 4.78 is 35.7. The standard InChI is InChI=1S/2C38H77NO3.H2O4S/c2*1-3-5-7-9-11-13-15-17-19-21-23-25-27-29-31-34-39(36-37-40,35-32-38(41)42)33-30-28-26-24-22-20-18-16-14-12-10-8-6-4-2;1-5(2,3)4/h2*40H,3-37H2,1-2H3;(H2,1,2,3,4). The molecular weight excluding hydrogens is 1130 g/mol. The average Bonchev–Trinajstić information content (AvgIpc) is 3.30. The van der Waals surface area contributed by atoms with Gasteiger partial charge >= 0.3 is 11.9 Å². The number of quaternary nitrogens is 2. The van der Waals surface area contributed by atoms with Crippen LogP contribution in [0.1, 0.15) is 413 Å². The summed E-state index contributed by atoms with van der Waals surface area (Å²) in [5.74, 6) is -1.40. The highest BCUT2D eigenvalue weighted by molar-refractivity contribution is 7.79. The monoisotopic (exact) mass is 1290 g/mol. The Morgan fingerprint density at radius 2 is 0.371 bits per heavy atom. The van der Waals surface area contributed by atoms with Crippen LogP contribution in [0.15, 0.2) is 0 Å². The van der Waals surface area contributed by atoms with Crippen LogP contribution in [0.4, 0.5) is 0 Å². The van der Waals surface area contributed by atoms with Crippen LogP contribution in [0.3, 0.4) is 0 Å². The molecule has 0 saturated carbocycles. The predicted octanol–water partition coefficient (Wildman–Crippen LogP) is 21.9. The minimum Gasteiger partial charge on any atom is -0.759 e. The molecule has 0 aromatic heterocycles. The van der Waals surface area contributed by atoms with Gasteiger partial charge in [-0.25, -0.2) is 0 Å². The third kappa shape index (κ3) is 79.0. The zero-order valence-electron chi connectivity index (χ0n) is 60.0. The van der Waals surface area contributed by atoms with Gasteiger partial charge in [-0.1, -0.05) is 349 Å². The van der Waals surface area contributed by atoms with Gasteiger partial charge in [-0.15, -0.1) is 0 Å². The lowest BCUT2D eigenvalue weighted by Crippen LogP contribution is -2.52. The van der Waals surface area contributed by atoms with Crippen molar-refractivity contribution in [3.05, 3.63) is 0 Å². The average molecular weight is 1290 g/mol. The van der Waals surface area contributed by atoms with Gasteiger partial charge in [0.2, 0.25) is 0 Å². The van der Waals surface area contributed by atoms with Gasteiger partial charge in [-0.05, 0) is 51.4 Å². The maximum Gasteiger partial charge on any atom is 0.309 e. The molecule has 0 aliphatic rings. The number of nitrogens with zero attached hydrogens (tertiary/aromatic N) is 2. The van der Waals surface area contributed by atoms with Crippen molar-refractivity contribution in [3.63, 3.8) is 0 Å². The van der Waals surface area contributed by atoms with Crippen molar-refractivity contribution < 1.29 is 56.5 Å². The molecule has 536 valence electrons. The molecule has 0 bridgehead atoms. The van der Waals surface area contributed by atoms with E-state index in [1.165, 1.54) is 347 Å². The number of aliphatic carboxylic acids is 2. The number of aliphatic hydroxyl groups is 2. The highest BCUT2D eigenvalue weighted by Crippen LogP contribution is 2.22. The van der Waals surface area contributed by atoms with Crippen molar-refractivity contribution >= 4 is 22.3 Å². The van der Waals surface area contributed by atoms with Gasteiger partial charge in [-0.2, -0.15) is 0 Å². The van der Waals surface area contributed by atoms with Crippen LogP contribution in [0.25, 0.3) is 0 Å². The maximum absolute atomic E-state index is 11.4. The number of aliphatic hydroxyl groups excluding tert-OH is 2. The van der Waals surface area contributed by atoms with Gasteiger partial charge in [-0.3, -0.25) is 18.0 Å². The molecule has 0 aliphatic carbocycles. The Kier molecular flexibility index (Phi) is 76.4. The van der Waals surface area contributed by atoms with E-state index in [2.05, 4.69) is 27.7 Å². The van der Waals surface area contributed by atoms with Crippen LogP contribution in [0.2, 0.25) is 0 Å². The molecule has 0 heterocycles. The van der Waals surface area contributed by atoms with Crippen LogP contribution in [-0.4, -0.2) is 124 Å². The fraction of sp³-hybridized carbons (Fsp3) is 0.974. The van der Waals surface area contributed by atoms with Crippen LogP contribution >= 0.6 is 0 Å². The van der Waals surface area contributed by atoms with E-state index in [0.29, 0.717) is 26.2 Å². The lowest BCUT2D eigenvalue weighted by molar-refractivity contribution is -0.928. The third-order valence-electron chi connectivity index (χ3n) is 19.2. The van der Waals surface area contributed by atoms with Crippen molar-refractivity contribution in [1.82, 2.24) is 0 Å². The number of hydrogen-bond donors (Lipinski definition) is 4. The number of unbranched alkanes of at least 4 members (excludes halogenated alkanes) is 54. The molecule has 0 amide bonds. The minimum absolute atomic E-state index is 0.164. The Bertz CT molecular complexity index is 1410. The Morgan fingerprint density at radius 1 is 0.247 bits per heavy atom. The Hall–Kier alpha value is -1.35. The summed E-state index contributed by atoms with van der Waals surface area (Å²) in [6.45, 7) is 16.4. The molecule has 0 rings (SSSR count). The third-order valence-corrected chi connectivity index (χ3v) is 19.2. The number of carbonyl (C=O) groups is 2. The van der Waals surface area contributed by atoms with E-state index >= 15 is 0 Å². The first-order valence-corrected chi connectivity index (χ1v) is 40.6. The molecule has 13 heteroatoms. The largest absolute Gasteiger partial charge is 0.759 e. The topological polar surface area (TPSA) is 195 Å². The predicted molar refractivity (Wildman–Crippen MR) is 379 cm³/mol. The van der Waals surface area contributed by atoms with Crippen molar-refractivity contribution in [2.24, 2.45) is 0 Å². The summed E-state index contributed by atoms with van der Waals surface area (Å²) >= 11 is 0. The highest BCUT2D eigenvalue weighted by Gasteiger charge is 2.28. The highest BCUT2D eigenvalue weighted by atomic mass is 32.3. The summed E-state index contributed by atoms with van der Waals surface area (Å²) in [6.07, 6.45) is 79.5. The molecule has 0 aromatic rings. The van der Waals surface area contributed by atoms with E-state index in [4.69, 9.17) is 17.5 Å². The zero-order valence-corrected chi connectivity index (χ0v) is 60.9. The molecule has 0 aliphatic heterocycles. The van der Waals surface area contributed by atoms with Gasteiger partial charge in [0, 0.05) is 10.4 Å². The first-order chi connectivity index (χ1) is 43.2. The first kappa shape index (κ1) is 91.8. The summed E-state index contributed by atoms with van der Waals surface area (Å²) in [4.78, 5) is 22.8. The fourth-order valence-electron chi connectivity index (χ4n) is 13.4. The van der Waals surface area contributed by atoms with Gasteiger partial charge in [0.15, 0.2) is 0 Å². The fourth-order valence-corrected chi connectivity index (χ4v) is 13.4. The Labute approximate surface area is 554 Å². The minimum atomic E-state index is -5.17. The van der Waals surface area contributed by atoms with Crippen molar-refractivity contribution in [2.45, 2.75) is 413 Å². The number of hydrogen-bond acceptors (Lipinski definition) is 8. The van der Waals surface area contributed by atoms with E-state index in [1.54, 1.807) is 0 Å². The quantitative estimate of drug-likeness (QED) is 0.0197. The van der Waals surface area contributed by atoms with E-state index in [0.717, 1.165) is 60.8 Å². The van der Waals surface area contributed by atoms with Crippen LogP contribution < -0.4 is 0 Å². The molecular formula is C76H156N2O10S. The zero-order chi connectivity index (χ0) is 66.2. The van der Waals surface area contributed by atoms with Gasteiger partial charge in [0.1, 0.15) is 13.1 Å². The van der Waals surface area contributed by atoms with Crippen molar-refractivity contribution in [1.29, 1.82) is 0 Å². The normalized spacial score (nSPS) is 12.9. The van der Waals surface area contributed by atoms with Crippen LogP contribution in [0, 0.1) is 0 Å². The molecule has 0 saturated heterocycles. The molecule has 4 N–H and O–H groups in total. The first-order valence-electron chi connectivity index (χ1n) is 39.2. The van der Waals surface area contributed by atoms with E-state index < -0.39 is 22.3 Å². The molecule has 12 nitrogen and oxygen atoms in total. The van der Waals surface area contributed by atoms with Crippen LogP contribution in [0.5, 0.6) is 0 Å². The van der Waals surface area contributed by atoms with Crippen LogP contribution in [-0.2, 0) is 20.0 Å². The Morgan fingerprint density at radius 3 is 0.483 bits per heavy atom. The molecule has 2 atom stereocenters. The summed E-state index contributed by atoms with van der Waals surface area (Å²) in [5, 5.41) is 38.4.